The number of aromatic nitrogens is 2. The van der Waals surface area contributed by atoms with E-state index in [0.29, 0.717) is 5.69 Å². The molecule has 88 valence electrons. The van der Waals surface area contributed by atoms with Gasteiger partial charge in [-0.1, -0.05) is 12.2 Å². The summed E-state index contributed by atoms with van der Waals surface area (Å²) in [4.78, 5) is 11.5. The molecular weight excluding hydrogens is 206 g/mol. The van der Waals surface area contributed by atoms with Crippen LogP contribution in [0.1, 0.15) is 22.5 Å². The van der Waals surface area contributed by atoms with Gasteiger partial charge in [0.15, 0.2) is 5.69 Å². The number of carbonyl (C=O) groups excluding carboxylic acids is 1. The maximum Gasteiger partial charge on any atom is 0.356 e. The van der Waals surface area contributed by atoms with Gasteiger partial charge < -0.3 is 10.1 Å². The van der Waals surface area contributed by atoms with Gasteiger partial charge in [0.25, 0.3) is 0 Å². The lowest BCUT2D eigenvalue weighted by Crippen LogP contribution is -2.09. The van der Waals surface area contributed by atoms with E-state index in [-0.39, 0.29) is 5.97 Å². The molecule has 1 aromatic rings. The van der Waals surface area contributed by atoms with Gasteiger partial charge in [-0.15, -0.1) is 0 Å². The van der Waals surface area contributed by atoms with Crippen molar-refractivity contribution in [3.05, 3.63) is 23.5 Å². The molecule has 0 amide bonds. The minimum atomic E-state index is -0.367. The number of esters is 1. The molecule has 1 aromatic heterocycles. The average Bonchev–Trinajstić information content (AvgIpc) is 2.65. The van der Waals surface area contributed by atoms with Crippen molar-refractivity contribution in [3.8, 4) is 0 Å². The molecule has 1 rings (SSSR count). The number of rotatable bonds is 5. The molecule has 0 aliphatic carbocycles. The third kappa shape index (κ3) is 2.93. The first kappa shape index (κ1) is 12.4. The van der Waals surface area contributed by atoms with E-state index in [4.69, 9.17) is 4.74 Å². The van der Waals surface area contributed by atoms with Crippen LogP contribution in [0.4, 0.5) is 0 Å². The van der Waals surface area contributed by atoms with Crippen molar-refractivity contribution in [2.75, 3.05) is 20.7 Å². The van der Waals surface area contributed by atoms with Crippen LogP contribution in [0.2, 0.25) is 0 Å². The van der Waals surface area contributed by atoms with E-state index in [0.717, 1.165) is 18.5 Å². The van der Waals surface area contributed by atoms with Crippen molar-refractivity contribution in [2.45, 2.75) is 6.42 Å². The molecule has 0 atom stereocenters. The largest absolute Gasteiger partial charge is 0.464 e. The number of aryl methyl sites for hydroxylation is 1. The Morgan fingerprint density at radius 1 is 1.69 bits per heavy atom. The molecule has 0 aliphatic heterocycles. The lowest BCUT2D eigenvalue weighted by atomic mass is 10.2. The maximum atomic E-state index is 11.5. The van der Waals surface area contributed by atoms with E-state index >= 15 is 0 Å². The lowest BCUT2D eigenvalue weighted by molar-refractivity contribution is 0.0588. The Hall–Kier alpha value is -1.62. The molecule has 1 heterocycles. The molecule has 5 heteroatoms. The van der Waals surface area contributed by atoms with Crippen molar-refractivity contribution < 1.29 is 9.53 Å². The monoisotopic (exact) mass is 223 g/mol. The Kier molecular flexibility index (Phi) is 4.72. The summed E-state index contributed by atoms with van der Waals surface area (Å²) in [5, 5.41) is 7.08. The highest BCUT2D eigenvalue weighted by Gasteiger charge is 2.14. The van der Waals surface area contributed by atoms with E-state index in [9.17, 15) is 4.79 Å². The summed E-state index contributed by atoms with van der Waals surface area (Å²) in [7, 11) is 4.98. The molecule has 0 radical (unpaired) electrons. The lowest BCUT2D eigenvalue weighted by Gasteiger charge is -2.00. The molecule has 1 N–H and O–H groups in total. The Balaban J connectivity index is 2.80. The number of methoxy groups -OCH3 is 1. The summed E-state index contributed by atoms with van der Waals surface area (Å²) in [5.41, 5.74) is 1.26. The van der Waals surface area contributed by atoms with Gasteiger partial charge in [0.1, 0.15) is 0 Å². The van der Waals surface area contributed by atoms with E-state index in [1.165, 1.54) is 11.8 Å². The van der Waals surface area contributed by atoms with Crippen molar-refractivity contribution in [3.63, 3.8) is 0 Å². The highest BCUT2D eigenvalue weighted by Crippen LogP contribution is 2.11. The number of hydrogen-bond acceptors (Lipinski definition) is 4. The number of nitrogens with zero attached hydrogens (tertiary/aromatic N) is 2. The van der Waals surface area contributed by atoms with E-state index in [2.05, 4.69) is 10.4 Å². The van der Waals surface area contributed by atoms with Crippen LogP contribution in [0.25, 0.3) is 6.08 Å². The normalized spacial score (nSPS) is 10.9. The summed E-state index contributed by atoms with van der Waals surface area (Å²) >= 11 is 0. The molecular formula is C11H17N3O2. The molecule has 0 aliphatic rings. The quantitative estimate of drug-likeness (QED) is 0.593. The summed E-state index contributed by atoms with van der Waals surface area (Å²) in [5.74, 6) is -0.367. The molecule has 16 heavy (non-hydrogen) atoms. The number of ether oxygens (including phenoxy) is 1. The fourth-order valence-corrected chi connectivity index (χ4v) is 1.36. The predicted molar refractivity (Wildman–Crippen MR) is 62.1 cm³/mol. The van der Waals surface area contributed by atoms with Gasteiger partial charge in [0, 0.05) is 12.6 Å². The van der Waals surface area contributed by atoms with Gasteiger partial charge in [-0.3, -0.25) is 4.68 Å². The van der Waals surface area contributed by atoms with Gasteiger partial charge in [-0.05, 0) is 20.0 Å². The molecule has 0 aromatic carbocycles. The maximum absolute atomic E-state index is 11.5. The molecule has 5 nitrogen and oxygen atoms in total. The van der Waals surface area contributed by atoms with Crippen LogP contribution in [0.3, 0.4) is 0 Å². The van der Waals surface area contributed by atoms with E-state index < -0.39 is 0 Å². The van der Waals surface area contributed by atoms with Gasteiger partial charge >= 0.3 is 5.97 Å². The molecule has 0 spiro atoms. The predicted octanol–water partition coefficient (Wildman–Crippen LogP) is 0.829. The van der Waals surface area contributed by atoms with E-state index in [1.807, 2.05) is 19.2 Å². The minimum absolute atomic E-state index is 0.367. The Bertz CT molecular complexity index is 383. The Labute approximate surface area is 95.1 Å². The average molecular weight is 223 g/mol. The van der Waals surface area contributed by atoms with Gasteiger partial charge in [-0.25, -0.2) is 4.79 Å². The second-order valence-corrected chi connectivity index (χ2v) is 3.36. The molecule has 0 fully saturated rings. The SMILES string of the molecule is CNCCC=Cc1cnn(C)c1C(=O)OC. The van der Waals surface area contributed by atoms with Crippen molar-refractivity contribution >= 4 is 12.0 Å². The topological polar surface area (TPSA) is 56.2 Å². The zero-order chi connectivity index (χ0) is 12.0. The van der Waals surface area contributed by atoms with Gasteiger partial charge in [0.2, 0.25) is 0 Å². The van der Waals surface area contributed by atoms with Crippen molar-refractivity contribution in [2.24, 2.45) is 7.05 Å². The van der Waals surface area contributed by atoms with Gasteiger partial charge in [-0.2, -0.15) is 5.10 Å². The second kappa shape index (κ2) is 6.07. The fraction of sp³-hybridized carbons (Fsp3) is 0.455. The zero-order valence-corrected chi connectivity index (χ0v) is 9.86. The highest BCUT2D eigenvalue weighted by atomic mass is 16.5. The minimum Gasteiger partial charge on any atom is -0.464 e. The fourth-order valence-electron chi connectivity index (χ4n) is 1.36. The second-order valence-electron chi connectivity index (χ2n) is 3.36. The number of hydrogen-bond donors (Lipinski definition) is 1. The number of nitrogens with one attached hydrogen (secondary N) is 1. The zero-order valence-electron chi connectivity index (χ0n) is 9.86. The third-order valence-electron chi connectivity index (χ3n) is 2.20. The standard InChI is InChI=1S/C11H17N3O2/c1-12-7-5-4-6-9-8-13-14(2)10(9)11(15)16-3/h4,6,8,12H,5,7H2,1-3H3. The summed E-state index contributed by atoms with van der Waals surface area (Å²) in [6, 6.07) is 0. The smallest absolute Gasteiger partial charge is 0.356 e. The van der Waals surface area contributed by atoms with Gasteiger partial charge in [0.05, 0.1) is 13.3 Å². The number of carbonyl (C=O) groups is 1. The van der Waals surface area contributed by atoms with Crippen LogP contribution in [0.15, 0.2) is 12.3 Å². The highest BCUT2D eigenvalue weighted by molar-refractivity contribution is 5.91. The molecule has 0 saturated heterocycles. The summed E-state index contributed by atoms with van der Waals surface area (Å²) < 4.78 is 6.21. The molecule has 0 unspecified atom stereocenters. The van der Waals surface area contributed by atoms with E-state index in [1.54, 1.807) is 13.2 Å². The van der Waals surface area contributed by atoms with Crippen LogP contribution < -0.4 is 5.32 Å². The van der Waals surface area contributed by atoms with Crippen LogP contribution in [-0.2, 0) is 11.8 Å². The third-order valence-corrected chi connectivity index (χ3v) is 2.20. The first-order valence-corrected chi connectivity index (χ1v) is 5.12. The van der Waals surface area contributed by atoms with Crippen LogP contribution in [-0.4, -0.2) is 36.5 Å². The summed E-state index contributed by atoms with van der Waals surface area (Å²) in [6.07, 6.45) is 6.45. The van der Waals surface area contributed by atoms with Crippen molar-refractivity contribution in [1.29, 1.82) is 0 Å². The Morgan fingerprint density at radius 3 is 3.06 bits per heavy atom. The molecule has 0 saturated carbocycles. The first-order chi connectivity index (χ1) is 7.70. The van der Waals surface area contributed by atoms with Crippen LogP contribution >= 0.6 is 0 Å². The van der Waals surface area contributed by atoms with Crippen molar-refractivity contribution in [1.82, 2.24) is 15.1 Å². The van der Waals surface area contributed by atoms with Crippen LogP contribution in [0, 0.1) is 0 Å². The van der Waals surface area contributed by atoms with Crippen LogP contribution in [0.5, 0.6) is 0 Å². The first-order valence-electron chi connectivity index (χ1n) is 5.12. The summed E-state index contributed by atoms with van der Waals surface area (Å²) in [6.45, 7) is 0.907. The Morgan fingerprint density at radius 2 is 2.44 bits per heavy atom. The molecule has 0 bridgehead atoms.